The Hall–Kier alpha value is -3.07. The summed E-state index contributed by atoms with van der Waals surface area (Å²) in [5.74, 6) is -1.20. The number of carbonyl (C=O) groups excluding carboxylic acids is 3. The van der Waals surface area contributed by atoms with E-state index in [1.807, 2.05) is 20.8 Å². The molecule has 0 aliphatic heterocycles. The number of nitro groups is 1. The van der Waals surface area contributed by atoms with Crippen LogP contribution in [-0.4, -0.2) is 29.2 Å². The number of hydrogen-bond donors (Lipinski definition) is 1. The Morgan fingerprint density at radius 3 is 2.32 bits per heavy atom. The van der Waals surface area contributed by atoms with E-state index >= 15 is 0 Å². The number of hydrogen-bond acceptors (Lipinski definition) is 7. The van der Waals surface area contributed by atoms with E-state index in [0.29, 0.717) is 11.4 Å². The largest absolute Gasteiger partial charge is 0.454 e. The van der Waals surface area contributed by atoms with E-state index in [-0.39, 0.29) is 22.9 Å². The summed E-state index contributed by atoms with van der Waals surface area (Å²) in [6.07, 6.45) is 0. The smallest absolute Gasteiger partial charge is 0.338 e. The van der Waals surface area contributed by atoms with Gasteiger partial charge in [0, 0.05) is 22.4 Å². The standard InChI is InChI=1S/C19H20N2O6S/c1-19(2,3)18(24)20-10-14-8-9-16(28-14)15(22)11-27-17(23)12-4-6-13(7-5-12)21(25)26/h4-9H,10-11H2,1-3H3,(H,20,24). The molecule has 0 bridgehead atoms. The topological polar surface area (TPSA) is 116 Å². The molecule has 1 aromatic carbocycles. The van der Waals surface area contributed by atoms with Gasteiger partial charge in [-0.25, -0.2) is 4.79 Å². The number of nitro benzene ring substituents is 1. The Kier molecular flexibility index (Phi) is 6.63. The molecule has 0 fully saturated rings. The number of nitrogens with one attached hydrogen (secondary N) is 1. The summed E-state index contributed by atoms with van der Waals surface area (Å²) in [5, 5.41) is 13.4. The van der Waals surface area contributed by atoms with Gasteiger partial charge in [0.1, 0.15) is 0 Å². The summed E-state index contributed by atoms with van der Waals surface area (Å²) >= 11 is 1.22. The third-order valence-corrected chi connectivity index (χ3v) is 4.82. The predicted octanol–water partition coefficient (Wildman–Crippen LogP) is 3.36. The number of rotatable bonds is 7. The fourth-order valence-electron chi connectivity index (χ4n) is 2.06. The Morgan fingerprint density at radius 2 is 1.75 bits per heavy atom. The highest BCUT2D eigenvalue weighted by atomic mass is 32.1. The molecule has 9 heteroatoms. The monoisotopic (exact) mass is 404 g/mol. The molecule has 2 aromatic rings. The molecule has 1 N–H and O–H groups in total. The molecule has 0 atom stereocenters. The molecule has 1 heterocycles. The minimum absolute atomic E-state index is 0.0918. The van der Waals surface area contributed by atoms with Crippen LogP contribution in [0.5, 0.6) is 0 Å². The van der Waals surface area contributed by atoms with Crippen molar-refractivity contribution in [2.24, 2.45) is 5.41 Å². The van der Waals surface area contributed by atoms with Gasteiger partial charge >= 0.3 is 5.97 Å². The second kappa shape index (κ2) is 8.75. The molecule has 0 saturated heterocycles. The molecular weight excluding hydrogens is 384 g/mol. The maximum atomic E-state index is 12.2. The molecule has 0 aliphatic carbocycles. The number of thiophene rings is 1. The molecule has 148 valence electrons. The first-order valence-corrected chi connectivity index (χ1v) is 9.21. The highest BCUT2D eigenvalue weighted by Crippen LogP contribution is 2.19. The fourth-order valence-corrected chi connectivity index (χ4v) is 2.93. The van der Waals surface area contributed by atoms with E-state index < -0.39 is 22.9 Å². The third-order valence-electron chi connectivity index (χ3n) is 3.69. The van der Waals surface area contributed by atoms with Crippen LogP contribution in [0.1, 0.15) is 45.7 Å². The number of esters is 1. The quantitative estimate of drug-likeness (QED) is 0.327. The van der Waals surface area contributed by atoms with Crippen molar-refractivity contribution in [2.75, 3.05) is 6.61 Å². The van der Waals surface area contributed by atoms with Crippen molar-refractivity contribution in [1.29, 1.82) is 0 Å². The van der Waals surface area contributed by atoms with Crippen LogP contribution in [0.15, 0.2) is 36.4 Å². The summed E-state index contributed by atoms with van der Waals surface area (Å²) in [7, 11) is 0. The number of Topliss-reactive ketones (excluding diaryl/α,β-unsaturated/α-hetero) is 1. The first-order valence-electron chi connectivity index (χ1n) is 8.39. The molecule has 0 saturated carbocycles. The van der Waals surface area contributed by atoms with Crippen LogP contribution in [0, 0.1) is 15.5 Å². The normalized spacial score (nSPS) is 11.0. The van der Waals surface area contributed by atoms with E-state index in [1.165, 1.54) is 35.6 Å². The van der Waals surface area contributed by atoms with Crippen LogP contribution in [0.2, 0.25) is 0 Å². The second-order valence-electron chi connectivity index (χ2n) is 7.00. The van der Waals surface area contributed by atoms with Crippen LogP contribution >= 0.6 is 11.3 Å². The zero-order valence-electron chi connectivity index (χ0n) is 15.7. The van der Waals surface area contributed by atoms with Gasteiger partial charge in [0.25, 0.3) is 5.69 Å². The molecule has 0 spiro atoms. The summed E-state index contributed by atoms with van der Waals surface area (Å²) < 4.78 is 4.98. The van der Waals surface area contributed by atoms with E-state index in [9.17, 15) is 24.5 Å². The van der Waals surface area contributed by atoms with Crippen molar-refractivity contribution in [3.05, 3.63) is 61.8 Å². The summed E-state index contributed by atoms with van der Waals surface area (Å²) in [6, 6.07) is 8.27. The first kappa shape index (κ1) is 21.2. The third kappa shape index (κ3) is 5.71. The SMILES string of the molecule is CC(C)(C)C(=O)NCc1ccc(C(=O)COC(=O)c2ccc([N+](=O)[O-])cc2)s1. The predicted molar refractivity (Wildman–Crippen MR) is 103 cm³/mol. The molecule has 1 aromatic heterocycles. The number of non-ortho nitro benzene ring substituents is 1. The van der Waals surface area contributed by atoms with Gasteiger partial charge in [0.15, 0.2) is 6.61 Å². The van der Waals surface area contributed by atoms with E-state index in [1.54, 1.807) is 12.1 Å². The number of ketones is 1. The summed E-state index contributed by atoms with van der Waals surface area (Å²) in [4.78, 5) is 47.3. The molecular formula is C19H20N2O6S. The first-order chi connectivity index (χ1) is 13.1. The lowest BCUT2D eigenvalue weighted by Crippen LogP contribution is -2.34. The highest BCUT2D eigenvalue weighted by Gasteiger charge is 2.21. The van der Waals surface area contributed by atoms with Crippen molar-refractivity contribution in [1.82, 2.24) is 5.32 Å². The summed E-state index contributed by atoms with van der Waals surface area (Å²) in [6.45, 7) is 5.31. The van der Waals surface area contributed by atoms with Gasteiger partial charge in [-0.1, -0.05) is 20.8 Å². The maximum absolute atomic E-state index is 12.2. The van der Waals surface area contributed by atoms with Crippen molar-refractivity contribution < 1.29 is 24.0 Å². The van der Waals surface area contributed by atoms with Crippen molar-refractivity contribution >= 4 is 34.7 Å². The molecule has 2 rings (SSSR count). The average molecular weight is 404 g/mol. The van der Waals surface area contributed by atoms with E-state index in [2.05, 4.69) is 5.32 Å². The van der Waals surface area contributed by atoms with Gasteiger partial charge in [-0.2, -0.15) is 0 Å². The van der Waals surface area contributed by atoms with Crippen molar-refractivity contribution in [2.45, 2.75) is 27.3 Å². The van der Waals surface area contributed by atoms with Gasteiger partial charge < -0.3 is 10.1 Å². The minimum atomic E-state index is -0.738. The van der Waals surface area contributed by atoms with Gasteiger partial charge in [-0.15, -0.1) is 11.3 Å². The minimum Gasteiger partial charge on any atom is -0.454 e. The highest BCUT2D eigenvalue weighted by molar-refractivity contribution is 7.14. The molecule has 28 heavy (non-hydrogen) atoms. The van der Waals surface area contributed by atoms with Crippen LogP contribution in [0.3, 0.4) is 0 Å². The lowest BCUT2D eigenvalue weighted by molar-refractivity contribution is -0.384. The van der Waals surface area contributed by atoms with Crippen molar-refractivity contribution in [3.8, 4) is 0 Å². The molecule has 8 nitrogen and oxygen atoms in total. The van der Waals surface area contributed by atoms with Gasteiger partial charge in [0.2, 0.25) is 11.7 Å². The van der Waals surface area contributed by atoms with Gasteiger partial charge in [-0.05, 0) is 24.3 Å². The molecule has 0 radical (unpaired) electrons. The summed E-state index contributed by atoms with van der Waals surface area (Å²) in [5.41, 5.74) is -0.519. The molecule has 0 unspecified atom stereocenters. The number of benzene rings is 1. The Balaban J connectivity index is 1.88. The number of carbonyl (C=O) groups is 3. The second-order valence-corrected chi connectivity index (χ2v) is 8.17. The Bertz CT molecular complexity index is 896. The Morgan fingerprint density at radius 1 is 1.11 bits per heavy atom. The van der Waals surface area contributed by atoms with Gasteiger partial charge in [-0.3, -0.25) is 19.7 Å². The van der Waals surface area contributed by atoms with E-state index in [0.717, 1.165) is 4.88 Å². The Labute approximate surface area is 165 Å². The molecule has 1 amide bonds. The average Bonchev–Trinajstić information content (AvgIpc) is 3.12. The van der Waals surface area contributed by atoms with Crippen LogP contribution < -0.4 is 5.32 Å². The van der Waals surface area contributed by atoms with Crippen molar-refractivity contribution in [3.63, 3.8) is 0 Å². The van der Waals surface area contributed by atoms with Crippen LogP contribution in [-0.2, 0) is 16.1 Å². The number of nitrogens with zero attached hydrogens (tertiary/aromatic N) is 1. The number of amides is 1. The van der Waals surface area contributed by atoms with Crippen LogP contribution in [0.4, 0.5) is 5.69 Å². The maximum Gasteiger partial charge on any atom is 0.338 e. The van der Waals surface area contributed by atoms with E-state index in [4.69, 9.17) is 4.74 Å². The fraction of sp³-hybridized carbons (Fsp3) is 0.316. The lowest BCUT2D eigenvalue weighted by atomic mass is 9.96. The van der Waals surface area contributed by atoms with Gasteiger partial charge in [0.05, 0.1) is 21.9 Å². The zero-order chi connectivity index (χ0) is 20.9. The number of ether oxygens (including phenoxy) is 1. The lowest BCUT2D eigenvalue weighted by Gasteiger charge is -2.17. The zero-order valence-corrected chi connectivity index (χ0v) is 16.5. The molecule has 0 aliphatic rings. The van der Waals surface area contributed by atoms with Crippen LogP contribution in [0.25, 0.3) is 0 Å².